The minimum absolute atomic E-state index is 0.0948. The van der Waals surface area contributed by atoms with Gasteiger partial charge in [0.05, 0.1) is 30.4 Å². The van der Waals surface area contributed by atoms with Gasteiger partial charge in [-0.2, -0.15) is 0 Å². The Morgan fingerprint density at radius 2 is 2.18 bits per heavy atom. The monoisotopic (exact) mass is 303 g/mol. The van der Waals surface area contributed by atoms with Crippen LogP contribution in [0.25, 0.3) is 0 Å². The molecule has 0 radical (unpaired) electrons. The van der Waals surface area contributed by atoms with Gasteiger partial charge in [-0.15, -0.1) is 0 Å². The number of para-hydroxylation sites is 1. The number of aliphatic hydroxyl groups is 1. The number of amides is 1. The molecule has 22 heavy (non-hydrogen) atoms. The van der Waals surface area contributed by atoms with E-state index in [-0.39, 0.29) is 17.9 Å². The number of carbonyl (C=O) groups is 1. The molecule has 2 aliphatic rings. The highest BCUT2D eigenvalue weighted by Crippen LogP contribution is 2.38. The standard InChI is InChI=1S/C17H21NO4/c1-10(2)15-12(6-8-21-15)17(20)18-13-5-3-4-11-14(19)7-9-22-16(11)13/h3-5,12,14-15,19H,1,6-9H2,2H3,(H,18,20)/t12-,14+,15-/m1/s1. The second-order valence-electron chi connectivity index (χ2n) is 5.90. The van der Waals surface area contributed by atoms with Gasteiger partial charge in [0.2, 0.25) is 5.91 Å². The Kier molecular flexibility index (Phi) is 4.18. The van der Waals surface area contributed by atoms with Crippen molar-refractivity contribution >= 4 is 11.6 Å². The number of carbonyl (C=O) groups excluding carboxylic acids is 1. The summed E-state index contributed by atoms with van der Waals surface area (Å²) in [5, 5.41) is 12.9. The zero-order valence-electron chi connectivity index (χ0n) is 12.7. The predicted octanol–water partition coefficient (Wildman–Crippen LogP) is 2.42. The molecule has 1 aromatic rings. The van der Waals surface area contributed by atoms with Gasteiger partial charge in [0.1, 0.15) is 5.75 Å². The first-order chi connectivity index (χ1) is 10.6. The zero-order chi connectivity index (χ0) is 15.7. The lowest BCUT2D eigenvalue weighted by molar-refractivity contribution is -0.120. The maximum Gasteiger partial charge on any atom is 0.230 e. The number of fused-ring (bicyclic) bond motifs is 1. The van der Waals surface area contributed by atoms with Crippen LogP contribution < -0.4 is 10.1 Å². The lowest BCUT2D eigenvalue weighted by atomic mass is 9.95. The quantitative estimate of drug-likeness (QED) is 0.842. The van der Waals surface area contributed by atoms with Crippen molar-refractivity contribution in [1.29, 1.82) is 0 Å². The van der Waals surface area contributed by atoms with Crippen LogP contribution >= 0.6 is 0 Å². The fraction of sp³-hybridized carbons (Fsp3) is 0.471. The normalized spacial score (nSPS) is 26.9. The Morgan fingerprint density at radius 3 is 2.95 bits per heavy atom. The summed E-state index contributed by atoms with van der Waals surface area (Å²) in [4.78, 5) is 12.5. The third-order valence-corrected chi connectivity index (χ3v) is 4.21. The smallest absolute Gasteiger partial charge is 0.230 e. The summed E-state index contributed by atoms with van der Waals surface area (Å²) < 4.78 is 11.2. The van der Waals surface area contributed by atoms with Crippen LogP contribution in [0.3, 0.4) is 0 Å². The topological polar surface area (TPSA) is 67.8 Å². The van der Waals surface area contributed by atoms with E-state index in [1.54, 1.807) is 6.07 Å². The largest absolute Gasteiger partial charge is 0.491 e. The molecular formula is C17H21NO4. The maximum atomic E-state index is 12.5. The molecule has 0 aromatic heterocycles. The Morgan fingerprint density at radius 1 is 1.36 bits per heavy atom. The average Bonchev–Trinajstić information content (AvgIpc) is 2.98. The first-order valence-corrected chi connectivity index (χ1v) is 7.59. The highest BCUT2D eigenvalue weighted by molar-refractivity contribution is 5.95. The van der Waals surface area contributed by atoms with Crippen LogP contribution in [-0.2, 0) is 9.53 Å². The molecule has 5 heteroatoms. The Hall–Kier alpha value is -1.85. The van der Waals surface area contributed by atoms with Gasteiger partial charge in [0.15, 0.2) is 0 Å². The van der Waals surface area contributed by atoms with Gasteiger partial charge in [0, 0.05) is 18.6 Å². The molecule has 5 nitrogen and oxygen atoms in total. The van der Waals surface area contributed by atoms with E-state index in [4.69, 9.17) is 9.47 Å². The van der Waals surface area contributed by atoms with Gasteiger partial charge in [-0.05, 0) is 19.4 Å². The van der Waals surface area contributed by atoms with Crippen molar-refractivity contribution in [1.82, 2.24) is 0 Å². The number of benzene rings is 1. The van der Waals surface area contributed by atoms with Gasteiger partial charge < -0.3 is 19.9 Å². The van der Waals surface area contributed by atoms with Crippen molar-refractivity contribution < 1.29 is 19.4 Å². The van der Waals surface area contributed by atoms with Crippen LogP contribution in [0.1, 0.15) is 31.4 Å². The van der Waals surface area contributed by atoms with Crippen molar-refractivity contribution in [2.24, 2.45) is 5.92 Å². The number of hydrogen-bond donors (Lipinski definition) is 2. The molecule has 2 aliphatic heterocycles. The van der Waals surface area contributed by atoms with Gasteiger partial charge in [-0.1, -0.05) is 24.3 Å². The molecule has 2 N–H and O–H groups in total. The molecule has 0 saturated carbocycles. The number of rotatable bonds is 3. The molecule has 0 aliphatic carbocycles. The SMILES string of the molecule is C=C(C)[C@H]1OCC[C@H]1C(=O)Nc1cccc2c1OCC[C@@H]2O. The third kappa shape index (κ3) is 2.74. The summed E-state index contributed by atoms with van der Waals surface area (Å²) in [6.45, 7) is 6.78. The third-order valence-electron chi connectivity index (χ3n) is 4.21. The summed E-state index contributed by atoms with van der Waals surface area (Å²) in [6.07, 6.45) is 0.477. The number of aliphatic hydroxyl groups excluding tert-OH is 1. The summed E-state index contributed by atoms with van der Waals surface area (Å²) in [5.41, 5.74) is 2.19. The molecule has 3 rings (SSSR count). The van der Waals surface area contributed by atoms with Crippen LogP contribution in [0.5, 0.6) is 5.75 Å². The number of nitrogens with one attached hydrogen (secondary N) is 1. The molecule has 0 spiro atoms. The van der Waals surface area contributed by atoms with Gasteiger partial charge in [-0.25, -0.2) is 0 Å². The van der Waals surface area contributed by atoms with Crippen LogP contribution in [-0.4, -0.2) is 30.3 Å². The van der Waals surface area contributed by atoms with Crippen LogP contribution in [0, 0.1) is 5.92 Å². The van der Waals surface area contributed by atoms with E-state index in [1.165, 1.54) is 0 Å². The molecule has 2 heterocycles. The minimum atomic E-state index is -0.543. The molecular weight excluding hydrogens is 282 g/mol. The highest BCUT2D eigenvalue weighted by Gasteiger charge is 2.35. The first kappa shape index (κ1) is 15.1. The zero-order valence-corrected chi connectivity index (χ0v) is 12.7. The molecule has 1 saturated heterocycles. The maximum absolute atomic E-state index is 12.5. The van der Waals surface area contributed by atoms with Gasteiger partial charge >= 0.3 is 0 Å². The van der Waals surface area contributed by atoms with E-state index in [0.29, 0.717) is 37.5 Å². The fourth-order valence-electron chi connectivity index (χ4n) is 3.07. The van der Waals surface area contributed by atoms with E-state index < -0.39 is 6.10 Å². The van der Waals surface area contributed by atoms with Crippen molar-refractivity contribution in [3.8, 4) is 5.75 Å². The highest BCUT2D eigenvalue weighted by atomic mass is 16.5. The van der Waals surface area contributed by atoms with E-state index >= 15 is 0 Å². The van der Waals surface area contributed by atoms with E-state index in [2.05, 4.69) is 11.9 Å². The molecule has 3 atom stereocenters. The summed E-state index contributed by atoms with van der Waals surface area (Å²) in [5.74, 6) is 0.241. The van der Waals surface area contributed by atoms with Crippen LogP contribution in [0.4, 0.5) is 5.69 Å². The van der Waals surface area contributed by atoms with Crippen molar-refractivity contribution in [2.45, 2.75) is 32.0 Å². The second-order valence-corrected chi connectivity index (χ2v) is 5.90. The van der Waals surface area contributed by atoms with Crippen molar-refractivity contribution in [3.05, 3.63) is 35.9 Å². The number of hydrogen-bond acceptors (Lipinski definition) is 4. The van der Waals surface area contributed by atoms with Crippen molar-refractivity contribution in [2.75, 3.05) is 18.5 Å². The first-order valence-electron chi connectivity index (χ1n) is 7.59. The Labute approximate surface area is 129 Å². The predicted molar refractivity (Wildman–Crippen MR) is 82.8 cm³/mol. The molecule has 0 unspecified atom stereocenters. The van der Waals surface area contributed by atoms with E-state index in [9.17, 15) is 9.90 Å². The molecule has 1 aromatic carbocycles. The lowest BCUT2D eigenvalue weighted by Gasteiger charge is -2.25. The second kappa shape index (κ2) is 6.10. The fourth-order valence-corrected chi connectivity index (χ4v) is 3.07. The van der Waals surface area contributed by atoms with Gasteiger partial charge in [0.25, 0.3) is 0 Å². The van der Waals surface area contributed by atoms with Crippen molar-refractivity contribution in [3.63, 3.8) is 0 Å². The Balaban J connectivity index is 1.80. The molecule has 0 bridgehead atoms. The van der Waals surface area contributed by atoms with E-state index in [0.717, 1.165) is 11.1 Å². The van der Waals surface area contributed by atoms with Gasteiger partial charge in [-0.3, -0.25) is 4.79 Å². The molecule has 1 amide bonds. The average molecular weight is 303 g/mol. The lowest BCUT2D eigenvalue weighted by Crippen LogP contribution is -2.30. The summed E-state index contributed by atoms with van der Waals surface area (Å²) in [6, 6.07) is 5.43. The minimum Gasteiger partial charge on any atom is -0.491 e. The number of ether oxygens (including phenoxy) is 2. The Bertz CT molecular complexity index is 598. The molecule has 118 valence electrons. The number of anilines is 1. The molecule has 1 fully saturated rings. The summed E-state index contributed by atoms with van der Waals surface area (Å²) in [7, 11) is 0. The summed E-state index contributed by atoms with van der Waals surface area (Å²) >= 11 is 0. The van der Waals surface area contributed by atoms with Crippen LogP contribution in [0.2, 0.25) is 0 Å². The van der Waals surface area contributed by atoms with E-state index in [1.807, 2.05) is 19.1 Å². The van der Waals surface area contributed by atoms with Crippen LogP contribution in [0.15, 0.2) is 30.4 Å².